The topological polar surface area (TPSA) is 132 Å². The number of aliphatic carboxylic acids is 1. The van der Waals surface area contributed by atoms with Gasteiger partial charge in [0, 0.05) is 29.4 Å². The normalized spacial score (nSPS) is 35.1. The van der Waals surface area contributed by atoms with Gasteiger partial charge in [0.25, 0.3) is 0 Å². The van der Waals surface area contributed by atoms with Gasteiger partial charge >= 0.3 is 5.97 Å². The number of ketones is 1. The maximum Gasteiger partial charge on any atom is 0.329 e. The molecular formula is C18H24N4O4. The highest BCUT2D eigenvalue weighted by atomic mass is 16.4. The Morgan fingerprint density at radius 3 is 2.88 bits per heavy atom. The highest BCUT2D eigenvalue weighted by molar-refractivity contribution is 6.00. The minimum atomic E-state index is -1.28. The van der Waals surface area contributed by atoms with E-state index in [4.69, 9.17) is 5.53 Å². The number of fused-ring (bicyclic) bond motifs is 1. The van der Waals surface area contributed by atoms with Gasteiger partial charge in [-0.25, -0.2) is 4.79 Å². The Morgan fingerprint density at radius 2 is 2.23 bits per heavy atom. The van der Waals surface area contributed by atoms with Gasteiger partial charge < -0.3 is 10.4 Å². The molecule has 2 N–H and O–H groups in total. The monoisotopic (exact) mass is 360 g/mol. The van der Waals surface area contributed by atoms with E-state index in [1.165, 1.54) is 0 Å². The lowest BCUT2D eigenvalue weighted by Crippen LogP contribution is -2.47. The van der Waals surface area contributed by atoms with Crippen LogP contribution in [0.15, 0.2) is 16.8 Å². The summed E-state index contributed by atoms with van der Waals surface area (Å²) in [6, 6.07) is 0. The molecule has 2 fully saturated rings. The number of azide groups is 1. The Morgan fingerprint density at radius 1 is 1.46 bits per heavy atom. The van der Waals surface area contributed by atoms with E-state index in [2.05, 4.69) is 15.3 Å². The molecule has 140 valence electrons. The molecule has 0 aromatic carbocycles. The van der Waals surface area contributed by atoms with Crippen molar-refractivity contribution in [2.75, 3.05) is 6.54 Å². The molecule has 3 aliphatic carbocycles. The van der Waals surface area contributed by atoms with E-state index in [1.807, 2.05) is 13.0 Å². The minimum Gasteiger partial charge on any atom is -0.479 e. The van der Waals surface area contributed by atoms with Crippen LogP contribution in [-0.2, 0) is 14.4 Å². The van der Waals surface area contributed by atoms with E-state index in [9.17, 15) is 19.5 Å². The SMILES string of the molecule is CC[C@H]1C=C(C(=O)N[C@@]2(C(=O)O)C[C@@H]2CCN=[N+]=[N-])[C@H]2CCC(=O)[C@H]2C1. The zero-order chi connectivity index (χ0) is 18.9. The van der Waals surface area contributed by atoms with Crippen LogP contribution in [-0.4, -0.2) is 34.8 Å². The fraction of sp³-hybridized carbons (Fsp3) is 0.722. The number of carboxylic acids is 1. The predicted octanol–water partition coefficient (Wildman–Crippen LogP) is 2.60. The third-order valence-electron chi connectivity index (χ3n) is 6.22. The van der Waals surface area contributed by atoms with Crippen LogP contribution in [0.4, 0.5) is 0 Å². The molecular weight excluding hydrogens is 336 g/mol. The summed E-state index contributed by atoms with van der Waals surface area (Å²) in [5.74, 6) is -1.44. The second kappa shape index (κ2) is 7.11. The number of hydrogen-bond donors (Lipinski definition) is 2. The standard InChI is InChI=1S/C18H24N4O4/c1-2-10-7-13-12(3-4-15(13)23)14(8-10)16(24)21-18(17(25)26)9-11(18)5-6-20-22-19/h8,10-13H,2-7,9H2,1H3,(H,21,24)(H,25,26)/t10-,11+,12+,13+,18+/m1/s1. The number of nitrogens with zero attached hydrogens (tertiary/aromatic N) is 3. The number of hydrogen-bond acceptors (Lipinski definition) is 4. The Bertz CT molecular complexity index is 712. The summed E-state index contributed by atoms with van der Waals surface area (Å²) in [5.41, 5.74) is 7.65. The van der Waals surface area contributed by atoms with Crippen molar-refractivity contribution < 1.29 is 19.5 Å². The molecule has 1 amide bonds. The molecule has 0 saturated heterocycles. The van der Waals surface area contributed by atoms with E-state index in [-0.39, 0.29) is 41.9 Å². The van der Waals surface area contributed by atoms with Crippen molar-refractivity contribution >= 4 is 17.7 Å². The molecule has 8 heteroatoms. The van der Waals surface area contributed by atoms with E-state index in [0.717, 1.165) is 12.8 Å². The van der Waals surface area contributed by atoms with E-state index in [0.29, 0.717) is 31.3 Å². The van der Waals surface area contributed by atoms with Crippen molar-refractivity contribution in [1.82, 2.24) is 5.32 Å². The number of rotatable bonds is 7. The summed E-state index contributed by atoms with van der Waals surface area (Å²) in [4.78, 5) is 39.5. The molecule has 0 aliphatic heterocycles. The minimum absolute atomic E-state index is 0.0865. The van der Waals surface area contributed by atoms with Crippen molar-refractivity contribution in [3.05, 3.63) is 22.1 Å². The average Bonchev–Trinajstić information content (AvgIpc) is 3.20. The third-order valence-corrected chi connectivity index (χ3v) is 6.22. The van der Waals surface area contributed by atoms with Crippen molar-refractivity contribution in [2.45, 2.75) is 51.0 Å². The first kappa shape index (κ1) is 18.5. The molecule has 0 heterocycles. The van der Waals surface area contributed by atoms with Crippen molar-refractivity contribution in [1.29, 1.82) is 0 Å². The van der Waals surface area contributed by atoms with Gasteiger partial charge in [-0.1, -0.05) is 18.1 Å². The second-order valence-corrected chi connectivity index (χ2v) is 7.62. The number of carboxylic acid groups (broad SMARTS) is 1. The lowest BCUT2D eigenvalue weighted by Gasteiger charge is -2.30. The first-order valence-electron chi connectivity index (χ1n) is 9.24. The van der Waals surface area contributed by atoms with Crippen molar-refractivity contribution in [3.8, 4) is 0 Å². The van der Waals surface area contributed by atoms with Crippen LogP contribution in [0.3, 0.4) is 0 Å². The lowest BCUT2D eigenvalue weighted by atomic mass is 9.74. The number of carbonyl (C=O) groups is 3. The molecule has 3 aliphatic rings. The lowest BCUT2D eigenvalue weighted by molar-refractivity contribution is -0.143. The van der Waals surface area contributed by atoms with Gasteiger partial charge in [-0.05, 0) is 55.4 Å². The maximum absolute atomic E-state index is 12.9. The molecule has 26 heavy (non-hydrogen) atoms. The smallest absolute Gasteiger partial charge is 0.329 e. The van der Waals surface area contributed by atoms with Gasteiger partial charge in [0.2, 0.25) is 5.91 Å². The third kappa shape index (κ3) is 3.21. The van der Waals surface area contributed by atoms with Crippen molar-refractivity contribution in [2.24, 2.45) is 28.8 Å². The van der Waals surface area contributed by atoms with E-state index < -0.39 is 11.5 Å². The molecule has 0 spiro atoms. The Labute approximate surface area is 151 Å². The average molecular weight is 360 g/mol. The van der Waals surface area contributed by atoms with Crippen LogP contribution >= 0.6 is 0 Å². The second-order valence-electron chi connectivity index (χ2n) is 7.62. The number of nitrogens with one attached hydrogen (secondary N) is 1. The van der Waals surface area contributed by atoms with E-state index >= 15 is 0 Å². The summed E-state index contributed by atoms with van der Waals surface area (Å²) in [6.45, 7) is 2.24. The highest BCUT2D eigenvalue weighted by Crippen LogP contribution is 2.48. The summed E-state index contributed by atoms with van der Waals surface area (Å²) in [5, 5.41) is 15.8. The number of amides is 1. The molecule has 0 unspecified atom stereocenters. The van der Waals surface area contributed by atoms with Gasteiger partial charge in [-0.15, -0.1) is 0 Å². The molecule has 0 aromatic heterocycles. The zero-order valence-corrected chi connectivity index (χ0v) is 14.9. The number of carbonyl (C=O) groups excluding carboxylic acids is 2. The Balaban J connectivity index is 1.75. The fourth-order valence-corrected chi connectivity index (χ4v) is 4.56. The van der Waals surface area contributed by atoms with Crippen LogP contribution in [0.1, 0.15) is 45.4 Å². The van der Waals surface area contributed by atoms with E-state index in [1.54, 1.807) is 0 Å². The van der Waals surface area contributed by atoms with Crippen LogP contribution < -0.4 is 5.32 Å². The van der Waals surface area contributed by atoms with Gasteiger partial charge in [-0.3, -0.25) is 9.59 Å². The molecule has 2 saturated carbocycles. The molecule has 0 aromatic rings. The van der Waals surface area contributed by atoms with Gasteiger partial charge in [0.05, 0.1) is 0 Å². The maximum atomic E-state index is 12.9. The first-order chi connectivity index (χ1) is 12.4. The summed E-state index contributed by atoms with van der Waals surface area (Å²) in [7, 11) is 0. The Hall–Kier alpha value is -2.34. The predicted molar refractivity (Wildman–Crippen MR) is 92.9 cm³/mol. The van der Waals surface area contributed by atoms with Crippen LogP contribution in [0, 0.1) is 23.7 Å². The van der Waals surface area contributed by atoms with Gasteiger partial charge in [-0.2, -0.15) is 0 Å². The first-order valence-corrected chi connectivity index (χ1v) is 9.24. The Kier molecular flexibility index (Phi) is 5.05. The number of allylic oxidation sites excluding steroid dienone is 1. The van der Waals surface area contributed by atoms with Crippen LogP contribution in [0.2, 0.25) is 0 Å². The summed E-state index contributed by atoms with van der Waals surface area (Å²) < 4.78 is 0. The van der Waals surface area contributed by atoms with Gasteiger partial charge in [0.1, 0.15) is 11.3 Å². The van der Waals surface area contributed by atoms with Gasteiger partial charge in [0.15, 0.2) is 0 Å². The van der Waals surface area contributed by atoms with Crippen LogP contribution in [0.25, 0.3) is 10.4 Å². The zero-order valence-electron chi connectivity index (χ0n) is 14.9. The molecule has 0 bridgehead atoms. The highest BCUT2D eigenvalue weighted by Gasteiger charge is 2.61. The van der Waals surface area contributed by atoms with Crippen LogP contribution in [0.5, 0.6) is 0 Å². The molecule has 5 atom stereocenters. The number of Topliss-reactive ketones (excluding diaryl/α,β-unsaturated/α-hetero) is 1. The quantitative estimate of drug-likeness (QED) is 0.410. The fourth-order valence-electron chi connectivity index (χ4n) is 4.56. The molecule has 0 radical (unpaired) electrons. The molecule has 3 rings (SSSR count). The summed E-state index contributed by atoms with van der Waals surface area (Å²) >= 11 is 0. The molecule has 8 nitrogen and oxygen atoms in total. The largest absolute Gasteiger partial charge is 0.479 e. The summed E-state index contributed by atoms with van der Waals surface area (Å²) in [6.07, 6.45) is 5.52. The van der Waals surface area contributed by atoms with Crippen molar-refractivity contribution in [3.63, 3.8) is 0 Å².